The van der Waals surface area contributed by atoms with Gasteiger partial charge in [0, 0.05) is 6.42 Å². The van der Waals surface area contributed by atoms with Crippen molar-refractivity contribution >= 4 is 28.8 Å². The number of aliphatic hydroxyl groups is 4. The Morgan fingerprint density at radius 3 is 2.09 bits per heavy atom. The summed E-state index contributed by atoms with van der Waals surface area (Å²) in [5.41, 5.74) is 0.796. The summed E-state index contributed by atoms with van der Waals surface area (Å²) in [7, 11) is 0. The number of fused-ring (bicyclic) bond motifs is 1. The quantitative estimate of drug-likeness (QED) is 0.0818. The summed E-state index contributed by atoms with van der Waals surface area (Å²) in [4.78, 5) is 40.0. The van der Waals surface area contributed by atoms with Gasteiger partial charge in [0.15, 0.2) is 17.7 Å². The van der Waals surface area contributed by atoms with Crippen LogP contribution in [0.2, 0.25) is 0 Å². The van der Waals surface area contributed by atoms with Gasteiger partial charge >= 0.3 is 0 Å². The minimum absolute atomic E-state index is 0.232. The van der Waals surface area contributed by atoms with Crippen LogP contribution < -0.4 is 16.0 Å². The third-order valence-electron chi connectivity index (χ3n) is 8.54. The van der Waals surface area contributed by atoms with Crippen molar-refractivity contribution in [3.63, 3.8) is 0 Å². The number of anilines is 1. The maximum atomic E-state index is 12.7. The van der Waals surface area contributed by atoms with E-state index in [0.29, 0.717) is 17.6 Å². The number of amides is 2. The number of carbonyl (C=O) groups excluding carboxylic acids is 2. The highest BCUT2D eigenvalue weighted by molar-refractivity contribution is 5.85. The molecule has 0 aromatic carbocycles. The number of hydrogen-bond acceptors (Lipinski definition) is 11. The second-order valence-electron chi connectivity index (χ2n) is 12.3. The Balaban J connectivity index is 1.30. The van der Waals surface area contributed by atoms with Gasteiger partial charge in [0.05, 0.1) is 25.5 Å². The van der Waals surface area contributed by atoms with E-state index >= 15 is 0 Å². The fraction of sp³-hybridized carbons (Fsp3) is 0.781. The number of ether oxygens (including phenoxy) is 1. The van der Waals surface area contributed by atoms with E-state index in [4.69, 9.17) is 4.74 Å². The van der Waals surface area contributed by atoms with Gasteiger partial charge in [0.1, 0.15) is 36.3 Å². The van der Waals surface area contributed by atoms with Gasteiger partial charge in [-0.3, -0.25) is 9.59 Å². The number of carbonyl (C=O) groups is 2. The molecule has 0 bridgehead atoms. The van der Waals surface area contributed by atoms with Crippen molar-refractivity contribution in [2.75, 3.05) is 18.5 Å². The molecule has 14 heteroatoms. The topological polar surface area (TPSA) is 215 Å². The molecule has 8 N–H and O–H groups in total. The zero-order chi connectivity index (χ0) is 33.1. The van der Waals surface area contributed by atoms with Crippen molar-refractivity contribution in [3.05, 3.63) is 12.7 Å². The van der Waals surface area contributed by atoms with Gasteiger partial charge in [0.2, 0.25) is 11.8 Å². The molecule has 3 heterocycles. The van der Waals surface area contributed by atoms with Crippen LogP contribution in [0.4, 0.5) is 5.82 Å². The van der Waals surface area contributed by atoms with E-state index in [2.05, 4.69) is 42.8 Å². The van der Waals surface area contributed by atoms with Crippen LogP contribution in [0.3, 0.4) is 0 Å². The third kappa shape index (κ3) is 12.4. The fourth-order valence-corrected chi connectivity index (χ4v) is 5.81. The van der Waals surface area contributed by atoms with Crippen molar-refractivity contribution in [2.24, 2.45) is 0 Å². The van der Waals surface area contributed by atoms with Crippen LogP contribution in [-0.2, 0) is 14.3 Å². The molecule has 3 rings (SSSR count). The van der Waals surface area contributed by atoms with Crippen LogP contribution in [0.5, 0.6) is 0 Å². The van der Waals surface area contributed by atoms with Crippen molar-refractivity contribution in [1.29, 1.82) is 0 Å². The van der Waals surface area contributed by atoms with Gasteiger partial charge in [-0.05, 0) is 6.42 Å². The number of unbranched alkanes of at least 4 members (excludes halogenated alkanes) is 14. The fourth-order valence-electron chi connectivity index (χ4n) is 5.81. The van der Waals surface area contributed by atoms with Gasteiger partial charge in [-0.15, -0.1) is 0 Å². The average molecular weight is 650 g/mol. The van der Waals surface area contributed by atoms with E-state index in [-0.39, 0.29) is 18.3 Å². The number of aromatic nitrogens is 4. The predicted octanol–water partition coefficient (Wildman–Crippen LogP) is 2.43. The van der Waals surface area contributed by atoms with Crippen LogP contribution in [-0.4, -0.2) is 102 Å². The Hall–Kier alpha value is -2.91. The Bertz CT molecular complexity index is 1150. The number of rotatable bonds is 23. The number of nitrogens with one attached hydrogen (secondary N) is 4. The van der Waals surface area contributed by atoms with Crippen LogP contribution in [0.1, 0.15) is 110 Å². The van der Waals surface area contributed by atoms with Crippen LogP contribution in [0.15, 0.2) is 12.7 Å². The number of nitrogens with zero attached hydrogens (tertiary/aromatic N) is 3. The molecule has 0 spiro atoms. The predicted molar refractivity (Wildman–Crippen MR) is 174 cm³/mol. The summed E-state index contributed by atoms with van der Waals surface area (Å²) in [6.07, 6.45) is 14.4. The standard InChI is InChI=1S/C32H55N7O7/c1-2-3-4-5-6-7-8-9-10-11-12-13-14-15-16-17-23(42)33-18-24(43)38-25-27(44)28(45)32(46-29(25)22(41)19-40)39-31-26-30(35-20-34-26)36-21-37-31/h20-22,25,27-29,32,40-41,44-45H,2-19H2,1H3,(H,33,42)(H,38,43)(H2,34,35,36,37,39). The van der Waals surface area contributed by atoms with E-state index in [1.807, 2.05) is 0 Å². The molecule has 1 fully saturated rings. The van der Waals surface area contributed by atoms with E-state index in [1.54, 1.807) is 0 Å². The molecule has 6 unspecified atom stereocenters. The molecule has 2 amide bonds. The monoisotopic (exact) mass is 649 g/mol. The van der Waals surface area contributed by atoms with Crippen molar-refractivity contribution in [1.82, 2.24) is 30.6 Å². The highest BCUT2D eigenvalue weighted by Gasteiger charge is 2.48. The molecular formula is C32H55N7O7. The molecule has 46 heavy (non-hydrogen) atoms. The molecule has 2 aromatic rings. The number of aliphatic hydroxyl groups excluding tert-OH is 4. The highest BCUT2D eigenvalue weighted by atomic mass is 16.5. The van der Waals surface area contributed by atoms with Crippen LogP contribution in [0.25, 0.3) is 11.2 Å². The summed E-state index contributed by atoms with van der Waals surface area (Å²) >= 11 is 0. The van der Waals surface area contributed by atoms with Gasteiger partial charge in [0.25, 0.3) is 0 Å². The minimum Gasteiger partial charge on any atom is -0.394 e. The average Bonchev–Trinajstić information content (AvgIpc) is 3.55. The second-order valence-corrected chi connectivity index (χ2v) is 12.3. The summed E-state index contributed by atoms with van der Waals surface area (Å²) in [5.74, 6) is -0.659. The molecule has 0 aliphatic carbocycles. The summed E-state index contributed by atoms with van der Waals surface area (Å²) in [6, 6.07) is -1.27. The SMILES string of the molecule is CCCCCCCCCCCCCCCCCC(=O)NCC(=O)NC1C(O)C(O)C(Nc2ncnc3nc[nH]c23)OC1C(O)CO. The molecule has 1 aliphatic heterocycles. The van der Waals surface area contributed by atoms with Gasteiger partial charge in [-0.2, -0.15) is 0 Å². The van der Waals surface area contributed by atoms with E-state index in [1.165, 1.54) is 89.7 Å². The Labute approximate surface area is 271 Å². The van der Waals surface area contributed by atoms with E-state index in [0.717, 1.165) is 19.3 Å². The Kier molecular flexibility index (Phi) is 17.2. The summed E-state index contributed by atoms with van der Waals surface area (Å²) in [6.45, 7) is 1.18. The number of H-pyrrole nitrogens is 1. The first-order valence-corrected chi connectivity index (χ1v) is 17.1. The molecule has 6 atom stereocenters. The number of hydrogen-bond donors (Lipinski definition) is 8. The maximum absolute atomic E-state index is 12.7. The van der Waals surface area contributed by atoms with E-state index < -0.39 is 49.2 Å². The lowest BCUT2D eigenvalue weighted by molar-refractivity contribution is -0.204. The second kappa shape index (κ2) is 21.1. The smallest absolute Gasteiger partial charge is 0.239 e. The largest absolute Gasteiger partial charge is 0.394 e. The molecule has 0 saturated carbocycles. The lowest BCUT2D eigenvalue weighted by atomic mass is 9.92. The van der Waals surface area contributed by atoms with E-state index in [9.17, 15) is 30.0 Å². The first-order valence-electron chi connectivity index (χ1n) is 17.1. The summed E-state index contributed by atoms with van der Waals surface area (Å²) in [5, 5.41) is 49.6. The molecule has 260 valence electrons. The highest BCUT2D eigenvalue weighted by Crippen LogP contribution is 2.26. The Morgan fingerprint density at radius 1 is 0.870 bits per heavy atom. The van der Waals surface area contributed by atoms with Gasteiger partial charge < -0.3 is 46.1 Å². The molecule has 1 saturated heterocycles. The zero-order valence-electron chi connectivity index (χ0n) is 27.2. The summed E-state index contributed by atoms with van der Waals surface area (Å²) < 4.78 is 5.80. The van der Waals surface area contributed by atoms with Crippen LogP contribution >= 0.6 is 0 Å². The van der Waals surface area contributed by atoms with Crippen molar-refractivity contribution < 1.29 is 34.8 Å². The number of aromatic amines is 1. The molecule has 14 nitrogen and oxygen atoms in total. The normalized spacial score (nSPS) is 22.1. The van der Waals surface area contributed by atoms with Crippen LogP contribution in [0, 0.1) is 0 Å². The molecule has 2 aromatic heterocycles. The minimum atomic E-state index is -1.59. The third-order valence-corrected chi connectivity index (χ3v) is 8.54. The number of imidazole rings is 1. The zero-order valence-corrected chi connectivity index (χ0v) is 27.2. The maximum Gasteiger partial charge on any atom is 0.239 e. The lowest BCUT2D eigenvalue weighted by Crippen LogP contribution is -2.68. The first kappa shape index (κ1) is 37.5. The van der Waals surface area contributed by atoms with Crippen molar-refractivity contribution in [3.8, 4) is 0 Å². The molecule has 0 radical (unpaired) electrons. The first-order chi connectivity index (χ1) is 22.3. The van der Waals surface area contributed by atoms with Gasteiger partial charge in [-0.25, -0.2) is 15.0 Å². The Morgan fingerprint density at radius 2 is 1.48 bits per heavy atom. The van der Waals surface area contributed by atoms with Crippen molar-refractivity contribution in [2.45, 2.75) is 146 Å². The lowest BCUT2D eigenvalue weighted by Gasteiger charge is -2.44. The molecular weight excluding hydrogens is 594 g/mol. The molecule has 1 aliphatic rings. The van der Waals surface area contributed by atoms with Gasteiger partial charge in [-0.1, -0.05) is 96.8 Å².